The quantitative estimate of drug-likeness (QED) is 0.438. The summed E-state index contributed by atoms with van der Waals surface area (Å²) in [6, 6.07) is 15.2. The van der Waals surface area contributed by atoms with Crippen LogP contribution in [0.15, 0.2) is 53.0 Å². The van der Waals surface area contributed by atoms with Gasteiger partial charge in [-0.05, 0) is 48.2 Å². The molecule has 1 atom stereocenters. The standard InChI is InChI=1S/C24H31BrN2O3S/c1-4-14-26-24(29)22(5-2)27(15-18-8-12-21(30-3)13-9-18)23(28)17-31-16-19-6-10-20(25)11-7-19/h6-13,22H,4-5,14-17H2,1-3H3,(H,26,29). The Bertz CT molecular complexity index is 828. The lowest BCUT2D eigenvalue weighted by molar-refractivity contribution is -0.139. The molecule has 2 rings (SSSR count). The fourth-order valence-electron chi connectivity index (χ4n) is 3.13. The van der Waals surface area contributed by atoms with Crippen molar-refractivity contribution in [1.29, 1.82) is 0 Å². The second-order valence-corrected chi connectivity index (χ2v) is 9.11. The van der Waals surface area contributed by atoms with Gasteiger partial charge in [-0.15, -0.1) is 11.8 Å². The molecule has 0 radical (unpaired) electrons. The number of nitrogens with zero attached hydrogens (tertiary/aromatic N) is 1. The Labute approximate surface area is 198 Å². The average molecular weight is 507 g/mol. The van der Waals surface area contributed by atoms with E-state index in [2.05, 4.69) is 21.2 Å². The van der Waals surface area contributed by atoms with E-state index in [-0.39, 0.29) is 11.8 Å². The number of amides is 2. The van der Waals surface area contributed by atoms with Gasteiger partial charge < -0.3 is 15.0 Å². The summed E-state index contributed by atoms with van der Waals surface area (Å²) in [5.74, 6) is 1.71. The number of hydrogen-bond donors (Lipinski definition) is 1. The van der Waals surface area contributed by atoms with Crippen LogP contribution in [0.1, 0.15) is 37.8 Å². The van der Waals surface area contributed by atoms with Gasteiger partial charge in [-0.3, -0.25) is 9.59 Å². The first-order chi connectivity index (χ1) is 15.0. The van der Waals surface area contributed by atoms with Gasteiger partial charge in [0, 0.05) is 23.3 Å². The summed E-state index contributed by atoms with van der Waals surface area (Å²) in [6.07, 6.45) is 1.42. The van der Waals surface area contributed by atoms with Crippen molar-refractivity contribution in [2.45, 2.75) is 45.0 Å². The molecule has 0 bridgehead atoms. The summed E-state index contributed by atoms with van der Waals surface area (Å²) in [7, 11) is 1.62. The number of nitrogens with one attached hydrogen (secondary N) is 1. The van der Waals surface area contributed by atoms with E-state index in [0.29, 0.717) is 25.3 Å². The van der Waals surface area contributed by atoms with Gasteiger partial charge in [0.15, 0.2) is 0 Å². The minimum atomic E-state index is -0.491. The molecular formula is C24H31BrN2O3S. The van der Waals surface area contributed by atoms with Crippen molar-refractivity contribution in [2.24, 2.45) is 0 Å². The molecule has 31 heavy (non-hydrogen) atoms. The summed E-state index contributed by atoms with van der Waals surface area (Å²) in [4.78, 5) is 27.7. The van der Waals surface area contributed by atoms with Crippen LogP contribution in [0.4, 0.5) is 0 Å². The van der Waals surface area contributed by atoms with Gasteiger partial charge in [0.2, 0.25) is 11.8 Å². The average Bonchev–Trinajstić information content (AvgIpc) is 2.79. The predicted octanol–water partition coefficient (Wildman–Crippen LogP) is 5.02. The molecular weight excluding hydrogens is 476 g/mol. The maximum Gasteiger partial charge on any atom is 0.242 e. The highest BCUT2D eigenvalue weighted by Crippen LogP contribution is 2.20. The third kappa shape index (κ3) is 8.22. The highest BCUT2D eigenvalue weighted by molar-refractivity contribution is 9.10. The Balaban J connectivity index is 2.10. The van der Waals surface area contributed by atoms with Gasteiger partial charge >= 0.3 is 0 Å². The molecule has 0 spiro atoms. The van der Waals surface area contributed by atoms with Crippen LogP contribution in [-0.2, 0) is 21.9 Å². The SMILES string of the molecule is CCCNC(=O)C(CC)N(Cc1ccc(OC)cc1)C(=O)CSCc1ccc(Br)cc1. The zero-order chi connectivity index (χ0) is 22.6. The number of hydrogen-bond acceptors (Lipinski definition) is 4. The van der Waals surface area contributed by atoms with Gasteiger partial charge in [-0.25, -0.2) is 0 Å². The van der Waals surface area contributed by atoms with Crippen molar-refractivity contribution in [3.8, 4) is 5.75 Å². The van der Waals surface area contributed by atoms with Crippen LogP contribution in [-0.4, -0.2) is 42.2 Å². The van der Waals surface area contributed by atoms with E-state index < -0.39 is 6.04 Å². The minimum absolute atomic E-state index is 0.0311. The summed E-state index contributed by atoms with van der Waals surface area (Å²) in [6.45, 7) is 4.96. The number of carbonyl (C=O) groups is 2. The molecule has 7 heteroatoms. The van der Waals surface area contributed by atoms with Gasteiger partial charge in [0.1, 0.15) is 11.8 Å². The van der Waals surface area contributed by atoms with Crippen LogP contribution in [0.2, 0.25) is 0 Å². The van der Waals surface area contributed by atoms with E-state index in [0.717, 1.165) is 33.5 Å². The Morgan fingerprint density at radius 1 is 1.06 bits per heavy atom. The normalized spacial score (nSPS) is 11.6. The van der Waals surface area contributed by atoms with E-state index in [4.69, 9.17) is 4.74 Å². The number of halogens is 1. The molecule has 1 N–H and O–H groups in total. The van der Waals surface area contributed by atoms with Crippen molar-refractivity contribution < 1.29 is 14.3 Å². The van der Waals surface area contributed by atoms with Crippen LogP contribution in [0, 0.1) is 0 Å². The van der Waals surface area contributed by atoms with Gasteiger partial charge in [0.05, 0.1) is 12.9 Å². The van der Waals surface area contributed by atoms with Crippen molar-refractivity contribution in [1.82, 2.24) is 10.2 Å². The molecule has 2 amide bonds. The molecule has 0 aliphatic rings. The smallest absolute Gasteiger partial charge is 0.242 e. The molecule has 1 unspecified atom stereocenters. The lowest BCUT2D eigenvalue weighted by Gasteiger charge is -2.30. The molecule has 2 aromatic rings. The molecule has 0 aliphatic heterocycles. The Morgan fingerprint density at radius 2 is 1.71 bits per heavy atom. The van der Waals surface area contributed by atoms with E-state index >= 15 is 0 Å². The zero-order valence-corrected chi connectivity index (χ0v) is 20.8. The number of methoxy groups -OCH3 is 1. The molecule has 0 fully saturated rings. The van der Waals surface area contributed by atoms with Crippen molar-refractivity contribution >= 4 is 39.5 Å². The largest absolute Gasteiger partial charge is 0.497 e. The summed E-state index contributed by atoms with van der Waals surface area (Å²) >= 11 is 5.00. The number of rotatable bonds is 12. The Morgan fingerprint density at radius 3 is 2.29 bits per heavy atom. The first kappa shape index (κ1) is 25.3. The highest BCUT2D eigenvalue weighted by Gasteiger charge is 2.28. The second kappa shape index (κ2) is 13.4. The molecule has 0 aromatic heterocycles. The number of benzene rings is 2. The molecule has 168 valence electrons. The van der Waals surface area contributed by atoms with Crippen LogP contribution < -0.4 is 10.1 Å². The maximum atomic E-state index is 13.2. The van der Waals surface area contributed by atoms with E-state index in [1.165, 1.54) is 0 Å². The van der Waals surface area contributed by atoms with Gasteiger partial charge in [-0.1, -0.05) is 54.0 Å². The van der Waals surface area contributed by atoms with Crippen molar-refractivity contribution in [3.05, 3.63) is 64.1 Å². The highest BCUT2D eigenvalue weighted by atomic mass is 79.9. The second-order valence-electron chi connectivity index (χ2n) is 7.20. The van der Waals surface area contributed by atoms with Gasteiger partial charge in [0.25, 0.3) is 0 Å². The fourth-order valence-corrected chi connectivity index (χ4v) is 4.27. The lowest BCUT2D eigenvalue weighted by atomic mass is 10.1. The van der Waals surface area contributed by atoms with Crippen LogP contribution in [0.25, 0.3) is 0 Å². The summed E-state index contributed by atoms with van der Waals surface area (Å²) in [5, 5.41) is 2.95. The first-order valence-corrected chi connectivity index (χ1v) is 12.5. The monoisotopic (exact) mass is 506 g/mol. The van der Waals surface area contributed by atoms with Crippen LogP contribution in [0.3, 0.4) is 0 Å². The Kier molecular flexibility index (Phi) is 10.9. The molecule has 0 saturated carbocycles. The minimum Gasteiger partial charge on any atom is -0.497 e. The first-order valence-electron chi connectivity index (χ1n) is 10.5. The third-order valence-corrected chi connectivity index (χ3v) is 6.37. The van der Waals surface area contributed by atoms with Crippen molar-refractivity contribution in [3.63, 3.8) is 0 Å². The van der Waals surface area contributed by atoms with E-state index in [9.17, 15) is 9.59 Å². The number of carbonyl (C=O) groups excluding carboxylic acids is 2. The Hall–Kier alpha value is -1.99. The third-order valence-electron chi connectivity index (χ3n) is 4.85. The molecule has 0 saturated heterocycles. The van der Waals surface area contributed by atoms with Crippen LogP contribution >= 0.6 is 27.7 Å². The summed E-state index contributed by atoms with van der Waals surface area (Å²) < 4.78 is 6.26. The van der Waals surface area contributed by atoms with Crippen LogP contribution in [0.5, 0.6) is 5.75 Å². The topological polar surface area (TPSA) is 58.6 Å². The number of thioether (sulfide) groups is 1. The molecule has 2 aromatic carbocycles. The van der Waals surface area contributed by atoms with E-state index in [1.54, 1.807) is 23.8 Å². The maximum absolute atomic E-state index is 13.2. The number of ether oxygens (including phenoxy) is 1. The van der Waals surface area contributed by atoms with Crippen molar-refractivity contribution in [2.75, 3.05) is 19.4 Å². The van der Waals surface area contributed by atoms with Gasteiger partial charge in [-0.2, -0.15) is 0 Å². The van der Waals surface area contributed by atoms with E-state index in [1.807, 2.05) is 62.4 Å². The molecule has 0 heterocycles. The summed E-state index contributed by atoms with van der Waals surface area (Å²) in [5.41, 5.74) is 2.13. The molecule has 0 aliphatic carbocycles. The molecule has 5 nitrogen and oxygen atoms in total. The zero-order valence-electron chi connectivity index (χ0n) is 18.4. The predicted molar refractivity (Wildman–Crippen MR) is 131 cm³/mol. The lowest BCUT2D eigenvalue weighted by Crippen LogP contribution is -2.49. The fraction of sp³-hybridized carbons (Fsp3) is 0.417.